The second kappa shape index (κ2) is 7.99. The second-order valence-corrected chi connectivity index (χ2v) is 7.14. The Kier molecular flexibility index (Phi) is 5.97. The van der Waals surface area contributed by atoms with Gasteiger partial charge in [0.15, 0.2) is 0 Å². The van der Waals surface area contributed by atoms with Crippen molar-refractivity contribution in [2.24, 2.45) is 0 Å². The minimum atomic E-state index is -0.367. The fourth-order valence-corrected chi connectivity index (χ4v) is 2.45. The highest BCUT2D eigenvalue weighted by Crippen LogP contribution is 2.23. The van der Waals surface area contributed by atoms with Gasteiger partial charge in [0.05, 0.1) is 7.11 Å². The molecule has 0 aliphatic heterocycles. The number of ether oxygens (including phenoxy) is 1. The Bertz CT molecular complexity index is 810. The van der Waals surface area contributed by atoms with E-state index in [1.54, 1.807) is 24.3 Å². The van der Waals surface area contributed by atoms with Crippen LogP contribution in [0.15, 0.2) is 36.5 Å². The van der Waals surface area contributed by atoms with Gasteiger partial charge in [-0.25, -0.2) is 0 Å². The number of pyridine rings is 1. The van der Waals surface area contributed by atoms with E-state index in [1.807, 2.05) is 20.8 Å². The number of hydrogen-bond acceptors (Lipinski definition) is 5. The third-order valence-corrected chi connectivity index (χ3v) is 3.62. The molecule has 0 fully saturated rings. The number of aromatic nitrogens is 1. The second-order valence-electron chi connectivity index (χ2n) is 7.14. The standard InChI is InChI=1S/C20H24N2O4/c1-20(2,3)22-19(25)17-10-13(7-8-21-17)9-15(23)11-14-12-16(26-4)5-6-18(14)24/h5-8,10,12,24H,9,11H2,1-4H3,(H,22,25). The summed E-state index contributed by atoms with van der Waals surface area (Å²) in [5.74, 6) is 0.272. The number of ketones is 1. The number of nitrogens with zero attached hydrogens (tertiary/aromatic N) is 1. The molecule has 6 heteroatoms. The lowest BCUT2D eigenvalue weighted by Gasteiger charge is -2.20. The van der Waals surface area contributed by atoms with Crippen molar-refractivity contribution >= 4 is 11.7 Å². The molecule has 0 radical (unpaired) electrons. The van der Waals surface area contributed by atoms with Crippen LogP contribution >= 0.6 is 0 Å². The zero-order valence-corrected chi connectivity index (χ0v) is 15.5. The molecule has 0 unspecified atom stereocenters. The first-order valence-electron chi connectivity index (χ1n) is 8.33. The van der Waals surface area contributed by atoms with Gasteiger partial charge in [0.25, 0.3) is 5.91 Å². The average Bonchev–Trinajstić information content (AvgIpc) is 2.55. The van der Waals surface area contributed by atoms with Gasteiger partial charge in [0.1, 0.15) is 23.0 Å². The number of phenols is 1. The van der Waals surface area contributed by atoms with Crippen LogP contribution in [0.5, 0.6) is 11.5 Å². The third kappa shape index (κ3) is 5.58. The highest BCUT2D eigenvalue weighted by Gasteiger charge is 2.17. The number of hydrogen-bond donors (Lipinski definition) is 2. The quantitative estimate of drug-likeness (QED) is 0.831. The first-order chi connectivity index (χ1) is 12.2. The first kappa shape index (κ1) is 19.4. The minimum absolute atomic E-state index is 0.0547. The minimum Gasteiger partial charge on any atom is -0.508 e. The molecule has 0 spiro atoms. The Morgan fingerprint density at radius 1 is 1.15 bits per heavy atom. The van der Waals surface area contributed by atoms with Gasteiger partial charge in [-0.1, -0.05) is 0 Å². The number of Topliss-reactive ketones (excluding diaryl/α,β-unsaturated/α-hetero) is 1. The SMILES string of the molecule is COc1ccc(O)c(CC(=O)Cc2ccnc(C(=O)NC(C)(C)C)c2)c1. The summed E-state index contributed by atoms with van der Waals surface area (Å²) in [5.41, 5.74) is 1.11. The van der Waals surface area contributed by atoms with Gasteiger partial charge in [-0.15, -0.1) is 0 Å². The van der Waals surface area contributed by atoms with Crippen molar-refractivity contribution in [2.75, 3.05) is 7.11 Å². The average molecular weight is 356 g/mol. The van der Waals surface area contributed by atoms with Gasteiger partial charge < -0.3 is 15.2 Å². The van der Waals surface area contributed by atoms with Gasteiger partial charge in [-0.2, -0.15) is 0 Å². The molecular weight excluding hydrogens is 332 g/mol. The number of aromatic hydroxyl groups is 1. The molecule has 138 valence electrons. The van der Waals surface area contributed by atoms with Crippen LogP contribution < -0.4 is 10.1 Å². The molecule has 2 aromatic rings. The molecule has 2 N–H and O–H groups in total. The number of methoxy groups -OCH3 is 1. The van der Waals surface area contributed by atoms with Crippen molar-refractivity contribution in [3.63, 3.8) is 0 Å². The molecule has 0 saturated heterocycles. The van der Waals surface area contributed by atoms with Crippen LogP contribution in [0.2, 0.25) is 0 Å². The lowest BCUT2D eigenvalue weighted by molar-refractivity contribution is -0.117. The number of nitrogens with one attached hydrogen (secondary N) is 1. The Labute approximate surface area is 153 Å². The van der Waals surface area contributed by atoms with Crippen LogP contribution in [0.25, 0.3) is 0 Å². The molecule has 1 aromatic carbocycles. The topological polar surface area (TPSA) is 88.5 Å². The number of rotatable bonds is 6. The smallest absolute Gasteiger partial charge is 0.270 e. The van der Waals surface area contributed by atoms with Gasteiger partial charge in [0, 0.05) is 30.1 Å². The van der Waals surface area contributed by atoms with Gasteiger partial charge in [0.2, 0.25) is 0 Å². The van der Waals surface area contributed by atoms with Crippen molar-refractivity contribution in [2.45, 2.75) is 39.2 Å². The van der Waals surface area contributed by atoms with E-state index in [9.17, 15) is 14.7 Å². The van der Waals surface area contributed by atoms with Gasteiger partial charge in [-0.05, 0) is 56.7 Å². The molecular formula is C20H24N2O4. The zero-order valence-electron chi connectivity index (χ0n) is 15.5. The number of amides is 1. The monoisotopic (exact) mass is 356 g/mol. The summed E-state index contributed by atoms with van der Waals surface area (Å²) in [7, 11) is 1.53. The van der Waals surface area contributed by atoms with Crippen molar-refractivity contribution in [3.8, 4) is 11.5 Å². The van der Waals surface area contributed by atoms with Crippen molar-refractivity contribution < 1.29 is 19.4 Å². The van der Waals surface area contributed by atoms with Crippen molar-refractivity contribution in [1.82, 2.24) is 10.3 Å². The van der Waals surface area contributed by atoms with E-state index in [1.165, 1.54) is 19.4 Å². The summed E-state index contributed by atoms with van der Waals surface area (Å²) in [6.07, 6.45) is 1.74. The molecule has 1 aromatic heterocycles. The van der Waals surface area contributed by atoms with E-state index in [2.05, 4.69) is 10.3 Å². The molecule has 26 heavy (non-hydrogen) atoms. The number of carbonyl (C=O) groups excluding carboxylic acids is 2. The van der Waals surface area contributed by atoms with Crippen LogP contribution in [-0.2, 0) is 17.6 Å². The predicted octanol–water partition coefficient (Wildman–Crippen LogP) is 2.68. The summed E-state index contributed by atoms with van der Waals surface area (Å²) < 4.78 is 5.12. The van der Waals surface area contributed by atoms with Crippen LogP contribution in [0.3, 0.4) is 0 Å². The van der Waals surface area contributed by atoms with E-state index >= 15 is 0 Å². The maximum Gasteiger partial charge on any atom is 0.270 e. The molecule has 1 amide bonds. The normalized spacial score (nSPS) is 11.1. The molecule has 0 aliphatic carbocycles. The Hall–Kier alpha value is -2.89. The molecule has 0 bridgehead atoms. The predicted molar refractivity (Wildman–Crippen MR) is 98.5 cm³/mol. The van der Waals surface area contributed by atoms with Crippen molar-refractivity contribution in [1.29, 1.82) is 0 Å². The highest BCUT2D eigenvalue weighted by atomic mass is 16.5. The van der Waals surface area contributed by atoms with E-state index in [0.29, 0.717) is 16.9 Å². The molecule has 1 heterocycles. The summed E-state index contributed by atoms with van der Waals surface area (Å²) >= 11 is 0. The summed E-state index contributed by atoms with van der Waals surface area (Å²) in [4.78, 5) is 28.6. The van der Waals surface area contributed by atoms with E-state index in [-0.39, 0.29) is 41.5 Å². The molecule has 0 atom stereocenters. The third-order valence-electron chi connectivity index (χ3n) is 3.62. The molecule has 2 rings (SSSR count). The Morgan fingerprint density at radius 2 is 1.88 bits per heavy atom. The van der Waals surface area contributed by atoms with Crippen LogP contribution in [0, 0.1) is 0 Å². The number of benzene rings is 1. The summed E-state index contributed by atoms with van der Waals surface area (Å²) in [6, 6.07) is 8.10. The first-order valence-corrected chi connectivity index (χ1v) is 8.33. The zero-order chi connectivity index (χ0) is 19.3. The maximum atomic E-state index is 12.4. The number of carbonyl (C=O) groups is 2. The summed E-state index contributed by atoms with van der Waals surface area (Å²) in [6.45, 7) is 5.66. The molecule has 0 saturated carbocycles. The Morgan fingerprint density at radius 3 is 2.54 bits per heavy atom. The van der Waals surface area contributed by atoms with Gasteiger partial charge >= 0.3 is 0 Å². The fourth-order valence-electron chi connectivity index (χ4n) is 2.45. The van der Waals surface area contributed by atoms with E-state index < -0.39 is 0 Å². The lowest BCUT2D eigenvalue weighted by atomic mass is 10.0. The largest absolute Gasteiger partial charge is 0.508 e. The van der Waals surface area contributed by atoms with Gasteiger partial charge in [-0.3, -0.25) is 14.6 Å². The number of phenolic OH excluding ortho intramolecular Hbond substituents is 1. The van der Waals surface area contributed by atoms with E-state index in [0.717, 1.165) is 0 Å². The molecule has 0 aliphatic rings. The summed E-state index contributed by atoms with van der Waals surface area (Å²) in [5, 5.41) is 12.7. The molecule has 6 nitrogen and oxygen atoms in total. The van der Waals surface area contributed by atoms with E-state index in [4.69, 9.17) is 4.74 Å². The van der Waals surface area contributed by atoms with Crippen LogP contribution in [0.1, 0.15) is 42.4 Å². The lowest BCUT2D eigenvalue weighted by Crippen LogP contribution is -2.40. The fraction of sp³-hybridized carbons (Fsp3) is 0.350. The maximum absolute atomic E-state index is 12.4. The van der Waals surface area contributed by atoms with Crippen LogP contribution in [-0.4, -0.2) is 34.4 Å². The Balaban J connectivity index is 2.08. The van der Waals surface area contributed by atoms with Crippen molar-refractivity contribution in [3.05, 3.63) is 53.3 Å². The highest BCUT2D eigenvalue weighted by molar-refractivity contribution is 5.93. The van der Waals surface area contributed by atoms with Crippen LogP contribution in [0.4, 0.5) is 0 Å².